The predicted molar refractivity (Wildman–Crippen MR) is 133 cm³/mol. The number of ketones is 1. The molecule has 2 N–H and O–H groups in total. The standard InChI is InChI=1S/C23H27N7O4S/c1-29(2)35(32,33)21-7-5-4-6-19(21)27-23-25-15-24-22(28-23)26-18-9-8-16(14-20(18)34-3)30-12-10-17(31)11-13-30/h4-9,14-15H,10-13H2,1-3H3,(H2,24,25,26,27,28). The van der Waals surface area contributed by atoms with Crippen molar-refractivity contribution in [2.75, 3.05) is 49.8 Å². The van der Waals surface area contributed by atoms with Gasteiger partial charge in [-0.25, -0.2) is 22.7 Å². The van der Waals surface area contributed by atoms with E-state index in [2.05, 4.69) is 30.5 Å². The van der Waals surface area contributed by atoms with Gasteiger partial charge in [-0.3, -0.25) is 4.79 Å². The Morgan fingerprint density at radius 2 is 1.63 bits per heavy atom. The van der Waals surface area contributed by atoms with E-state index in [1.807, 2.05) is 18.2 Å². The Morgan fingerprint density at radius 1 is 0.971 bits per heavy atom. The average Bonchev–Trinajstić information content (AvgIpc) is 2.85. The molecule has 0 radical (unpaired) electrons. The predicted octanol–water partition coefficient (Wildman–Crippen LogP) is 2.79. The van der Waals surface area contributed by atoms with Gasteiger partial charge in [0.15, 0.2) is 0 Å². The molecule has 12 heteroatoms. The topological polar surface area (TPSA) is 130 Å². The molecule has 3 aromatic rings. The molecule has 11 nitrogen and oxygen atoms in total. The second-order valence-corrected chi connectivity index (χ2v) is 10.2. The lowest BCUT2D eigenvalue weighted by Crippen LogP contribution is -2.33. The zero-order valence-electron chi connectivity index (χ0n) is 19.7. The van der Waals surface area contributed by atoms with Crippen LogP contribution in [0.25, 0.3) is 0 Å². The highest BCUT2D eigenvalue weighted by Gasteiger charge is 2.22. The molecule has 2 heterocycles. The minimum atomic E-state index is -3.67. The van der Waals surface area contributed by atoms with Crippen molar-refractivity contribution in [3.05, 3.63) is 48.8 Å². The molecule has 0 saturated carbocycles. The van der Waals surface area contributed by atoms with Crippen LogP contribution in [0.15, 0.2) is 53.7 Å². The van der Waals surface area contributed by atoms with Gasteiger partial charge in [0.1, 0.15) is 22.8 Å². The molecule has 1 aliphatic rings. The molecule has 0 amide bonds. The van der Waals surface area contributed by atoms with Gasteiger partial charge in [-0.15, -0.1) is 0 Å². The number of hydrogen-bond acceptors (Lipinski definition) is 10. The molecule has 35 heavy (non-hydrogen) atoms. The first kappa shape index (κ1) is 24.4. The molecule has 1 saturated heterocycles. The van der Waals surface area contributed by atoms with Crippen LogP contribution in [0.3, 0.4) is 0 Å². The van der Waals surface area contributed by atoms with E-state index in [0.29, 0.717) is 43.1 Å². The van der Waals surface area contributed by atoms with Gasteiger partial charge >= 0.3 is 0 Å². The quantitative estimate of drug-likeness (QED) is 0.479. The fraction of sp³-hybridized carbons (Fsp3) is 0.304. The van der Waals surface area contributed by atoms with Crippen LogP contribution in [-0.2, 0) is 14.8 Å². The van der Waals surface area contributed by atoms with E-state index < -0.39 is 10.0 Å². The van der Waals surface area contributed by atoms with Gasteiger partial charge in [0.25, 0.3) is 0 Å². The molecule has 0 bridgehead atoms. The van der Waals surface area contributed by atoms with Gasteiger partial charge in [0.05, 0.1) is 18.5 Å². The zero-order valence-corrected chi connectivity index (χ0v) is 20.5. The highest BCUT2D eigenvalue weighted by atomic mass is 32.2. The van der Waals surface area contributed by atoms with Crippen molar-refractivity contribution in [1.29, 1.82) is 0 Å². The molecular formula is C23H27N7O4S. The molecular weight excluding hydrogens is 470 g/mol. The number of benzene rings is 2. The average molecular weight is 498 g/mol. The first-order valence-corrected chi connectivity index (χ1v) is 12.4. The van der Waals surface area contributed by atoms with E-state index in [-0.39, 0.29) is 22.6 Å². The summed E-state index contributed by atoms with van der Waals surface area (Å²) in [5.41, 5.74) is 1.97. The Kier molecular flexibility index (Phi) is 7.12. The van der Waals surface area contributed by atoms with Crippen LogP contribution in [0, 0.1) is 0 Å². The summed E-state index contributed by atoms with van der Waals surface area (Å²) in [6, 6.07) is 12.2. The molecule has 0 aliphatic carbocycles. The van der Waals surface area contributed by atoms with Crippen molar-refractivity contribution in [1.82, 2.24) is 19.3 Å². The number of carbonyl (C=O) groups is 1. The van der Waals surface area contributed by atoms with Gasteiger partial charge in [-0.05, 0) is 24.3 Å². The number of aromatic nitrogens is 3. The molecule has 1 aromatic heterocycles. The number of ether oxygens (including phenoxy) is 1. The second-order valence-electron chi connectivity index (χ2n) is 8.08. The molecule has 0 unspecified atom stereocenters. The van der Waals surface area contributed by atoms with Gasteiger partial charge in [0, 0.05) is 51.8 Å². The molecule has 184 valence electrons. The van der Waals surface area contributed by atoms with Crippen LogP contribution in [0.5, 0.6) is 5.75 Å². The lowest BCUT2D eigenvalue weighted by molar-refractivity contribution is -0.119. The van der Waals surface area contributed by atoms with Gasteiger partial charge in [0.2, 0.25) is 21.9 Å². The number of piperidine rings is 1. The Morgan fingerprint density at radius 3 is 2.29 bits per heavy atom. The zero-order chi connectivity index (χ0) is 25.0. The van der Waals surface area contributed by atoms with Crippen LogP contribution in [-0.4, -0.2) is 67.8 Å². The third-order valence-corrected chi connectivity index (χ3v) is 7.46. The third-order valence-electron chi connectivity index (χ3n) is 5.58. The summed E-state index contributed by atoms with van der Waals surface area (Å²) < 4.78 is 32.0. The summed E-state index contributed by atoms with van der Waals surface area (Å²) in [7, 11) is 0.854. The first-order chi connectivity index (χ1) is 16.8. The van der Waals surface area contributed by atoms with Gasteiger partial charge < -0.3 is 20.3 Å². The Balaban J connectivity index is 1.54. The van der Waals surface area contributed by atoms with Crippen LogP contribution in [0.4, 0.5) is 29.0 Å². The number of para-hydroxylation sites is 1. The molecule has 0 spiro atoms. The monoisotopic (exact) mass is 497 g/mol. The van der Waals surface area contributed by atoms with E-state index in [4.69, 9.17) is 4.74 Å². The largest absolute Gasteiger partial charge is 0.494 e. The number of hydrogen-bond donors (Lipinski definition) is 2. The van der Waals surface area contributed by atoms with Crippen molar-refractivity contribution in [3.63, 3.8) is 0 Å². The van der Waals surface area contributed by atoms with E-state index in [1.54, 1.807) is 25.3 Å². The van der Waals surface area contributed by atoms with Crippen molar-refractivity contribution in [2.45, 2.75) is 17.7 Å². The molecule has 0 atom stereocenters. The maximum Gasteiger partial charge on any atom is 0.244 e. The number of methoxy groups -OCH3 is 1. The van der Waals surface area contributed by atoms with Gasteiger partial charge in [-0.2, -0.15) is 4.98 Å². The Labute approximate surface area is 204 Å². The fourth-order valence-electron chi connectivity index (χ4n) is 3.64. The van der Waals surface area contributed by atoms with Gasteiger partial charge in [-0.1, -0.05) is 12.1 Å². The summed E-state index contributed by atoms with van der Waals surface area (Å²) in [6.45, 7) is 1.37. The molecule has 2 aromatic carbocycles. The second kappa shape index (κ2) is 10.2. The summed E-state index contributed by atoms with van der Waals surface area (Å²) >= 11 is 0. The third kappa shape index (κ3) is 5.49. The highest BCUT2D eigenvalue weighted by Crippen LogP contribution is 2.32. The SMILES string of the molecule is COc1cc(N2CCC(=O)CC2)ccc1Nc1ncnc(Nc2ccccc2S(=O)(=O)N(C)C)n1. The lowest BCUT2D eigenvalue weighted by Gasteiger charge is -2.28. The molecule has 1 aliphatic heterocycles. The lowest BCUT2D eigenvalue weighted by atomic mass is 10.1. The summed E-state index contributed by atoms with van der Waals surface area (Å²) in [6.07, 6.45) is 2.41. The van der Waals surface area contributed by atoms with Crippen molar-refractivity contribution in [2.24, 2.45) is 0 Å². The summed E-state index contributed by atoms with van der Waals surface area (Å²) in [5, 5.41) is 6.09. The number of nitrogens with one attached hydrogen (secondary N) is 2. The van der Waals surface area contributed by atoms with E-state index in [9.17, 15) is 13.2 Å². The number of nitrogens with zero attached hydrogens (tertiary/aromatic N) is 5. The Hall–Kier alpha value is -3.77. The summed E-state index contributed by atoms with van der Waals surface area (Å²) in [4.78, 5) is 26.5. The van der Waals surface area contributed by atoms with E-state index in [1.165, 1.54) is 26.5 Å². The van der Waals surface area contributed by atoms with Crippen LogP contribution < -0.4 is 20.3 Å². The number of rotatable bonds is 8. The number of carbonyl (C=O) groups excluding carboxylic acids is 1. The number of anilines is 5. The van der Waals surface area contributed by atoms with Crippen LogP contribution in [0.1, 0.15) is 12.8 Å². The van der Waals surface area contributed by atoms with E-state index >= 15 is 0 Å². The Bertz CT molecular complexity index is 1320. The maximum absolute atomic E-state index is 12.7. The smallest absolute Gasteiger partial charge is 0.244 e. The minimum absolute atomic E-state index is 0.108. The first-order valence-electron chi connectivity index (χ1n) is 11.0. The normalized spacial score (nSPS) is 14.2. The number of Topliss-reactive ketones (excluding diaryl/α,β-unsaturated/α-hetero) is 1. The summed E-state index contributed by atoms with van der Waals surface area (Å²) in [5.74, 6) is 1.31. The molecule has 1 fully saturated rings. The maximum atomic E-state index is 12.7. The van der Waals surface area contributed by atoms with E-state index in [0.717, 1.165) is 9.99 Å². The van der Waals surface area contributed by atoms with Crippen LogP contribution in [0.2, 0.25) is 0 Å². The van der Waals surface area contributed by atoms with Crippen molar-refractivity contribution in [3.8, 4) is 5.75 Å². The van der Waals surface area contributed by atoms with Crippen molar-refractivity contribution >= 4 is 44.8 Å². The number of sulfonamides is 1. The van der Waals surface area contributed by atoms with Crippen molar-refractivity contribution < 1.29 is 17.9 Å². The molecule has 4 rings (SSSR count). The van der Waals surface area contributed by atoms with Crippen LogP contribution >= 0.6 is 0 Å². The highest BCUT2D eigenvalue weighted by molar-refractivity contribution is 7.89. The fourth-order valence-corrected chi connectivity index (χ4v) is 4.68. The minimum Gasteiger partial charge on any atom is -0.494 e.